The Morgan fingerprint density at radius 2 is 1.95 bits per heavy atom. The Morgan fingerprint density at radius 1 is 1.19 bits per heavy atom. The van der Waals surface area contributed by atoms with Crippen molar-refractivity contribution < 1.29 is 24.1 Å². The van der Waals surface area contributed by atoms with E-state index in [0.717, 1.165) is 45.3 Å². The summed E-state index contributed by atoms with van der Waals surface area (Å²) < 4.78 is 21.2. The van der Waals surface area contributed by atoms with E-state index in [4.69, 9.17) is 4.74 Å². The first-order valence-corrected chi connectivity index (χ1v) is 13.1. The Labute approximate surface area is 218 Å². The maximum absolute atomic E-state index is 15.9. The van der Waals surface area contributed by atoms with Crippen LogP contribution in [0.1, 0.15) is 61.4 Å². The third-order valence-electron chi connectivity index (χ3n) is 7.84. The lowest BCUT2D eigenvalue weighted by molar-refractivity contribution is -0.141. The average molecular weight is 509 g/mol. The predicted octanol–water partition coefficient (Wildman–Crippen LogP) is 5.72. The number of rotatable bonds is 12. The van der Waals surface area contributed by atoms with Crippen LogP contribution in [0.5, 0.6) is 5.75 Å². The molecule has 2 aromatic carbocycles. The number of carbonyl (C=O) groups is 1. The first kappa shape index (κ1) is 27.0. The van der Waals surface area contributed by atoms with Gasteiger partial charge in [-0.1, -0.05) is 30.3 Å². The lowest BCUT2D eigenvalue weighted by Crippen LogP contribution is -2.41. The quantitative estimate of drug-likeness (QED) is 0.326. The van der Waals surface area contributed by atoms with Crippen LogP contribution in [-0.2, 0) is 17.8 Å². The number of aromatic nitrogens is 1. The molecule has 0 amide bonds. The summed E-state index contributed by atoms with van der Waals surface area (Å²) in [6.45, 7) is 2.33. The minimum Gasteiger partial charge on any atom is -0.497 e. The van der Waals surface area contributed by atoms with Crippen LogP contribution >= 0.6 is 0 Å². The Bertz CT molecular complexity index is 1170. The van der Waals surface area contributed by atoms with Crippen LogP contribution < -0.4 is 4.74 Å². The van der Waals surface area contributed by atoms with Gasteiger partial charge in [0, 0.05) is 22.7 Å². The van der Waals surface area contributed by atoms with Gasteiger partial charge in [-0.25, -0.2) is 4.39 Å². The van der Waals surface area contributed by atoms with Crippen molar-refractivity contribution in [1.29, 1.82) is 0 Å². The van der Waals surface area contributed by atoms with Gasteiger partial charge in [0.05, 0.1) is 25.7 Å². The Morgan fingerprint density at radius 3 is 2.62 bits per heavy atom. The second kappa shape index (κ2) is 12.5. The second-order valence-electron chi connectivity index (χ2n) is 10.2. The van der Waals surface area contributed by atoms with Gasteiger partial charge in [0.1, 0.15) is 11.9 Å². The van der Waals surface area contributed by atoms with Crippen molar-refractivity contribution in [3.05, 3.63) is 71.4 Å². The highest BCUT2D eigenvalue weighted by molar-refractivity contribution is 5.85. The van der Waals surface area contributed by atoms with Gasteiger partial charge in [-0.05, 0) is 87.3 Å². The zero-order valence-corrected chi connectivity index (χ0v) is 21.5. The largest absolute Gasteiger partial charge is 0.497 e. The summed E-state index contributed by atoms with van der Waals surface area (Å²) in [5, 5.41) is 20.2. The van der Waals surface area contributed by atoms with Gasteiger partial charge in [0.25, 0.3) is 0 Å². The third-order valence-corrected chi connectivity index (χ3v) is 7.84. The van der Waals surface area contributed by atoms with Gasteiger partial charge in [-0.3, -0.25) is 9.78 Å². The Hall–Kier alpha value is -3.03. The number of nitrogens with zero attached hydrogens (tertiary/aromatic N) is 2. The molecule has 1 atom stereocenters. The van der Waals surface area contributed by atoms with Crippen molar-refractivity contribution in [1.82, 2.24) is 9.88 Å². The number of benzene rings is 2. The molecule has 2 heterocycles. The molecule has 1 saturated heterocycles. The number of hydrogen-bond donors (Lipinski definition) is 2. The van der Waals surface area contributed by atoms with E-state index in [-0.39, 0.29) is 19.4 Å². The van der Waals surface area contributed by atoms with E-state index in [9.17, 15) is 15.0 Å². The molecule has 4 rings (SSSR count). The number of carboxylic acid groups (broad SMARTS) is 1. The highest BCUT2D eigenvalue weighted by Crippen LogP contribution is 2.43. The van der Waals surface area contributed by atoms with Crippen LogP contribution in [0.25, 0.3) is 10.9 Å². The van der Waals surface area contributed by atoms with E-state index in [0.29, 0.717) is 34.2 Å². The summed E-state index contributed by atoms with van der Waals surface area (Å²) in [5.41, 5.74) is 2.42. The van der Waals surface area contributed by atoms with E-state index in [1.165, 1.54) is 11.8 Å². The van der Waals surface area contributed by atoms with E-state index in [1.54, 1.807) is 25.3 Å². The number of carboxylic acids is 1. The molecule has 1 aliphatic rings. The molecule has 7 heteroatoms. The topological polar surface area (TPSA) is 82.9 Å². The number of halogens is 1. The maximum Gasteiger partial charge on any atom is 0.303 e. The smallest absolute Gasteiger partial charge is 0.303 e. The van der Waals surface area contributed by atoms with Crippen molar-refractivity contribution in [3.8, 4) is 5.75 Å². The second-order valence-corrected chi connectivity index (χ2v) is 10.2. The average Bonchev–Trinajstić information content (AvgIpc) is 2.92. The van der Waals surface area contributed by atoms with Gasteiger partial charge >= 0.3 is 5.97 Å². The molecular formula is C30H37FN2O4. The molecule has 0 radical (unpaired) electrons. The molecule has 0 saturated carbocycles. The van der Waals surface area contributed by atoms with E-state index < -0.39 is 17.6 Å². The van der Waals surface area contributed by atoms with Gasteiger partial charge in [-0.15, -0.1) is 0 Å². The van der Waals surface area contributed by atoms with E-state index in [1.807, 2.05) is 6.07 Å². The van der Waals surface area contributed by atoms with Crippen LogP contribution in [0.2, 0.25) is 0 Å². The van der Waals surface area contributed by atoms with Crippen molar-refractivity contribution >= 4 is 16.9 Å². The number of alkyl halides is 1. The third kappa shape index (κ3) is 6.84. The molecule has 37 heavy (non-hydrogen) atoms. The highest BCUT2D eigenvalue weighted by atomic mass is 19.1. The number of ether oxygens (including phenoxy) is 1. The van der Waals surface area contributed by atoms with Crippen molar-refractivity contribution in [2.45, 2.75) is 57.7 Å². The van der Waals surface area contributed by atoms with Crippen LogP contribution in [-0.4, -0.2) is 52.8 Å². The molecule has 6 nitrogen and oxygen atoms in total. The minimum atomic E-state index is -1.34. The fourth-order valence-corrected chi connectivity index (χ4v) is 5.67. The van der Waals surface area contributed by atoms with Gasteiger partial charge < -0.3 is 19.8 Å². The lowest BCUT2D eigenvalue weighted by atomic mass is 9.71. The number of aliphatic hydroxyl groups is 1. The molecule has 0 bridgehead atoms. The molecule has 1 fully saturated rings. The molecule has 1 aliphatic heterocycles. The fraction of sp³-hybridized carbons (Fsp3) is 0.467. The first-order chi connectivity index (χ1) is 17.9. The number of aryl methyl sites for hydroxylation is 1. The number of piperidine rings is 1. The van der Waals surface area contributed by atoms with E-state index >= 15 is 4.39 Å². The summed E-state index contributed by atoms with van der Waals surface area (Å²) in [5.74, 6) is -0.233. The number of hydrogen-bond acceptors (Lipinski definition) is 5. The zero-order chi connectivity index (χ0) is 26.3. The highest BCUT2D eigenvalue weighted by Gasteiger charge is 2.37. The lowest BCUT2D eigenvalue weighted by Gasteiger charge is -2.41. The fourth-order valence-electron chi connectivity index (χ4n) is 5.67. The molecule has 0 aliphatic carbocycles. The number of likely N-dealkylation sites (tertiary alicyclic amines) is 1. The van der Waals surface area contributed by atoms with E-state index in [2.05, 4.69) is 34.1 Å². The van der Waals surface area contributed by atoms with Crippen LogP contribution in [0.4, 0.5) is 4.39 Å². The molecule has 2 N–H and O–H groups in total. The normalized spacial score (nSPS) is 16.5. The number of methoxy groups -OCH3 is 1. The van der Waals surface area contributed by atoms with Crippen molar-refractivity contribution in [2.24, 2.45) is 5.41 Å². The summed E-state index contributed by atoms with van der Waals surface area (Å²) in [4.78, 5) is 18.5. The molecule has 0 spiro atoms. The van der Waals surface area contributed by atoms with Crippen LogP contribution in [0.15, 0.2) is 54.7 Å². The summed E-state index contributed by atoms with van der Waals surface area (Å²) in [6.07, 6.45) is 4.50. The van der Waals surface area contributed by atoms with Gasteiger partial charge in [0.15, 0.2) is 0 Å². The van der Waals surface area contributed by atoms with Crippen molar-refractivity contribution in [3.63, 3.8) is 0 Å². The van der Waals surface area contributed by atoms with Gasteiger partial charge in [-0.2, -0.15) is 0 Å². The SMILES string of the molecule is COc1ccc2ncc(CO)c([C@@H](F)CCC3(CC(=O)O)CCN(CCCc4ccccc4)CC3)c2c1. The maximum atomic E-state index is 15.9. The molecule has 1 aromatic heterocycles. The molecule has 0 unspecified atom stereocenters. The summed E-state index contributed by atoms with van der Waals surface area (Å²) >= 11 is 0. The monoisotopic (exact) mass is 508 g/mol. The Balaban J connectivity index is 1.42. The number of fused-ring (bicyclic) bond motifs is 1. The van der Waals surface area contributed by atoms with Gasteiger partial charge in [0.2, 0.25) is 0 Å². The number of aliphatic carboxylic acids is 1. The Kier molecular flexibility index (Phi) is 9.11. The standard InChI is InChI=1S/C30H37FN2O4/c1-37-24-9-10-27-25(18-24)29(23(21-34)20-32-27)26(31)11-12-30(19-28(35)36)13-16-33(17-14-30)15-5-8-22-6-3-2-4-7-22/h2-4,6-7,9-10,18,20,26,34H,5,8,11-17,19,21H2,1H3,(H,35,36)/t26-/m0/s1. The zero-order valence-electron chi connectivity index (χ0n) is 21.5. The van der Waals surface area contributed by atoms with Crippen molar-refractivity contribution in [2.75, 3.05) is 26.7 Å². The molecule has 198 valence electrons. The predicted molar refractivity (Wildman–Crippen MR) is 142 cm³/mol. The summed E-state index contributed by atoms with van der Waals surface area (Å²) in [7, 11) is 1.56. The summed E-state index contributed by atoms with van der Waals surface area (Å²) in [6, 6.07) is 15.7. The number of pyridine rings is 1. The molecule has 3 aromatic rings. The molecular weight excluding hydrogens is 471 g/mol. The van der Waals surface area contributed by atoms with Crippen LogP contribution in [0, 0.1) is 5.41 Å². The minimum absolute atomic E-state index is 0.0509. The van der Waals surface area contributed by atoms with Crippen LogP contribution in [0.3, 0.4) is 0 Å². The number of aliphatic hydroxyl groups excluding tert-OH is 1. The first-order valence-electron chi connectivity index (χ1n) is 13.1.